The van der Waals surface area contributed by atoms with E-state index in [-0.39, 0.29) is 4.90 Å². The maximum Gasteiger partial charge on any atom is 0.266 e. The number of benzene rings is 2. The number of hydrogen-bond donors (Lipinski definition) is 1. The fraction of sp³-hybridized carbons (Fsp3) is 0.143. The van der Waals surface area contributed by atoms with Crippen molar-refractivity contribution in [2.45, 2.75) is 11.8 Å². The first kappa shape index (κ1) is 21.6. The second-order valence-corrected chi connectivity index (χ2v) is 8.63. The lowest BCUT2D eigenvalue weighted by Gasteiger charge is -2.24. The summed E-state index contributed by atoms with van der Waals surface area (Å²) >= 11 is 6.10. The number of ether oxygens (including phenoxy) is 1. The summed E-state index contributed by atoms with van der Waals surface area (Å²) in [6.07, 6.45) is 2.72. The molecule has 0 aliphatic carbocycles. The Morgan fingerprint density at radius 1 is 1.13 bits per heavy atom. The number of carbonyl (C=O) groups excluding carboxylic acids is 1. The molecule has 0 spiro atoms. The van der Waals surface area contributed by atoms with Gasteiger partial charge >= 0.3 is 0 Å². The molecule has 0 atom stereocenters. The molecule has 1 heterocycles. The second kappa shape index (κ2) is 9.15. The lowest BCUT2D eigenvalue weighted by atomic mass is 10.2. The highest BCUT2D eigenvalue weighted by molar-refractivity contribution is 7.92. The largest absolute Gasteiger partial charge is 0.497 e. The highest BCUT2D eigenvalue weighted by atomic mass is 35.5. The van der Waals surface area contributed by atoms with Crippen LogP contribution in [0.1, 0.15) is 5.56 Å². The molecule has 3 rings (SSSR count). The van der Waals surface area contributed by atoms with Gasteiger partial charge in [-0.05, 0) is 61.0 Å². The lowest BCUT2D eigenvalue weighted by Crippen LogP contribution is -2.38. The van der Waals surface area contributed by atoms with Gasteiger partial charge in [-0.15, -0.1) is 0 Å². The molecule has 3 aromatic rings. The van der Waals surface area contributed by atoms with E-state index in [0.29, 0.717) is 27.7 Å². The van der Waals surface area contributed by atoms with E-state index in [2.05, 4.69) is 10.3 Å². The number of rotatable bonds is 7. The summed E-state index contributed by atoms with van der Waals surface area (Å²) in [6.45, 7) is 1.33. The topological polar surface area (TPSA) is 88.6 Å². The number of halogens is 1. The standard InChI is InChI=1S/C21H20ClN3O4S/c1-15-19(22)6-3-7-20(15)24-21(26)14-25(16-8-10-17(29-2)11-9-16)30(27,28)18-5-4-12-23-13-18/h3-13H,14H2,1-2H3,(H,24,26). The quantitative estimate of drug-likeness (QED) is 0.596. The molecule has 0 radical (unpaired) electrons. The Morgan fingerprint density at radius 3 is 2.50 bits per heavy atom. The fourth-order valence-corrected chi connectivity index (χ4v) is 4.31. The number of nitrogens with one attached hydrogen (secondary N) is 1. The molecule has 0 aliphatic rings. The number of pyridine rings is 1. The number of sulfonamides is 1. The third-order valence-corrected chi connectivity index (χ3v) is 6.58. The molecule has 30 heavy (non-hydrogen) atoms. The van der Waals surface area contributed by atoms with Crippen LogP contribution in [0.5, 0.6) is 5.75 Å². The van der Waals surface area contributed by atoms with Crippen molar-refractivity contribution < 1.29 is 17.9 Å². The summed E-state index contributed by atoms with van der Waals surface area (Å²) in [5.41, 5.74) is 1.53. The van der Waals surface area contributed by atoms with E-state index in [4.69, 9.17) is 16.3 Å². The zero-order valence-electron chi connectivity index (χ0n) is 16.4. The van der Waals surface area contributed by atoms with E-state index in [0.717, 1.165) is 4.31 Å². The van der Waals surface area contributed by atoms with Gasteiger partial charge in [-0.2, -0.15) is 0 Å². The summed E-state index contributed by atoms with van der Waals surface area (Å²) in [4.78, 5) is 16.6. The van der Waals surface area contributed by atoms with Gasteiger partial charge in [0.25, 0.3) is 10.0 Å². The van der Waals surface area contributed by atoms with Crippen LogP contribution in [0.15, 0.2) is 71.9 Å². The number of amides is 1. The Hall–Kier alpha value is -3.10. The van der Waals surface area contributed by atoms with E-state index in [9.17, 15) is 13.2 Å². The van der Waals surface area contributed by atoms with Crippen molar-refractivity contribution in [1.82, 2.24) is 4.98 Å². The van der Waals surface area contributed by atoms with Gasteiger partial charge in [0.1, 0.15) is 17.2 Å². The Morgan fingerprint density at radius 2 is 1.87 bits per heavy atom. The molecule has 1 N–H and O–H groups in total. The van der Waals surface area contributed by atoms with Crippen LogP contribution in [-0.2, 0) is 14.8 Å². The van der Waals surface area contributed by atoms with E-state index in [1.165, 1.54) is 31.6 Å². The van der Waals surface area contributed by atoms with Crippen LogP contribution in [0.25, 0.3) is 0 Å². The van der Waals surface area contributed by atoms with Crippen molar-refractivity contribution in [3.05, 3.63) is 77.6 Å². The summed E-state index contributed by atoms with van der Waals surface area (Å²) in [6, 6.07) is 14.5. The molecule has 1 aromatic heterocycles. The highest BCUT2D eigenvalue weighted by Crippen LogP contribution is 2.26. The van der Waals surface area contributed by atoms with Crippen molar-refractivity contribution in [1.29, 1.82) is 0 Å². The highest BCUT2D eigenvalue weighted by Gasteiger charge is 2.27. The predicted octanol–water partition coefficient (Wildman–Crippen LogP) is 3.89. The smallest absolute Gasteiger partial charge is 0.266 e. The molecule has 0 aliphatic heterocycles. The summed E-state index contributed by atoms with van der Waals surface area (Å²) in [5, 5.41) is 3.23. The number of carbonyl (C=O) groups is 1. The maximum absolute atomic E-state index is 13.2. The van der Waals surface area contributed by atoms with Gasteiger partial charge in [-0.1, -0.05) is 17.7 Å². The number of nitrogens with zero attached hydrogens (tertiary/aromatic N) is 2. The van der Waals surface area contributed by atoms with Crippen molar-refractivity contribution in [2.24, 2.45) is 0 Å². The molecule has 7 nitrogen and oxygen atoms in total. The average Bonchev–Trinajstić information content (AvgIpc) is 2.76. The maximum atomic E-state index is 13.2. The van der Waals surface area contributed by atoms with Crippen LogP contribution in [-0.4, -0.2) is 33.0 Å². The minimum absolute atomic E-state index is 0.0208. The fourth-order valence-electron chi connectivity index (χ4n) is 2.75. The molecule has 0 saturated carbocycles. The minimum atomic E-state index is -4.04. The van der Waals surface area contributed by atoms with Crippen LogP contribution in [0.3, 0.4) is 0 Å². The monoisotopic (exact) mass is 445 g/mol. The first-order valence-electron chi connectivity index (χ1n) is 8.94. The zero-order valence-corrected chi connectivity index (χ0v) is 17.9. The van der Waals surface area contributed by atoms with E-state index >= 15 is 0 Å². The van der Waals surface area contributed by atoms with Crippen molar-refractivity contribution in [3.8, 4) is 5.75 Å². The van der Waals surface area contributed by atoms with Crippen LogP contribution >= 0.6 is 11.6 Å². The van der Waals surface area contributed by atoms with Gasteiger partial charge in [0, 0.05) is 23.1 Å². The number of methoxy groups -OCH3 is 1. The molecule has 156 valence electrons. The van der Waals surface area contributed by atoms with Gasteiger partial charge < -0.3 is 10.1 Å². The van der Waals surface area contributed by atoms with E-state index < -0.39 is 22.5 Å². The average molecular weight is 446 g/mol. The Balaban J connectivity index is 1.94. The Kier molecular flexibility index (Phi) is 6.59. The van der Waals surface area contributed by atoms with E-state index in [1.807, 2.05) is 0 Å². The van der Waals surface area contributed by atoms with Crippen molar-refractivity contribution >= 4 is 38.9 Å². The van der Waals surface area contributed by atoms with Crippen molar-refractivity contribution in [2.75, 3.05) is 23.3 Å². The third kappa shape index (κ3) is 4.72. The number of aromatic nitrogens is 1. The Labute approximate surface area is 180 Å². The molecule has 0 unspecified atom stereocenters. The normalized spacial score (nSPS) is 11.0. The molecule has 2 aromatic carbocycles. The van der Waals surface area contributed by atoms with Gasteiger partial charge in [-0.3, -0.25) is 14.1 Å². The lowest BCUT2D eigenvalue weighted by molar-refractivity contribution is -0.114. The predicted molar refractivity (Wildman–Crippen MR) is 117 cm³/mol. The van der Waals surface area contributed by atoms with Crippen LogP contribution < -0.4 is 14.4 Å². The first-order valence-corrected chi connectivity index (χ1v) is 10.8. The third-order valence-electron chi connectivity index (χ3n) is 4.41. The second-order valence-electron chi connectivity index (χ2n) is 6.36. The van der Waals surface area contributed by atoms with Gasteiger partial charge in [0.2, 0.25) is 5.91 Å². The number of hydrogen-bond acceptors (Lipinski definition) is 5. The zero-order chi connectivity index (χ0) is 21.7. The van der Waals surface area contributed by atoms with Gasteiger partial charge in [0.15, 0.2) is 0 Å². The van der Waals surface area contributed by atoms with Crippen LogP contribution in [0.4, 0.5) is 11.4 Å². The molecular formula is C21H20ClN3O4S. The van der Waals surface area contributed by atoms with E-state index in [1.54, 1.807) is 49.4 Å². The minimum Gasteiger partial charge on any atom is -0.497 e. The van der Waals surface area contributed by atoms with Crippen LogP contribution in [0.2, 0.25) is 5.02 Å². The summed E-state index contributed by atoms with van der Waals surface area (Å²) in [7, 11) is -2.52. The SMILES string of the molecule is COc1ccc(N(CC(=O)Nc2cccc(Cl)c2C)S(=O)(=O)c2cccnc2)cc1. The molecule has 0 fully saturated rings. The van der Waals surface area contributed by atoms with Gasteiger partial charge in [0.05, 0.1) is 12.8 Å². The molecule has 0 bridgehead atoms. The summed E-state index contributed by atoms with van der Waals surface area (Å²) < 4.78 is 32.7. The van der Waals surface area contributed by atoms with Crippen LogP contribution in [0, 0.1) is 6.92 Å². The van der Waals surface area contributed by atoms with Gasteiger partial charge in [-0.25, -0.2) is 8.42 Å². The molecule has 1 amide bonds. The number of anilines is 2. The molecule has 9 heteroatoms. The first-order chi connectivity index (χ1) is 14.3. The van der Waals surface area contributed by atoms with Crippen molar-refractivity contribution in [3.63, 3.8) is 0 Å². The molecular weight excluding hydrogens is 426 g/mol. The molecule has 0 saturated heterocycles. The Bertz CT molecular complexity index is 1140. The summed E-state index contributed by atoms with van der Waals surface area (Å²) in [5.74, 6) is 0.0557.